The Labute approximate surface area is 127 Å². The summed E-state index contributed by atoms with van der Waals surface area (Å²) in [4.78, 5) is 24.5. The Morgan fingerprint density at radius 3 is 2.45 bits per heavy atom. The molecule has 0 aliphatic rings. The average Bonchev–Trinajstić information content (AvgIpc) is 2.92. The number of carbonyl (C=O) groups is 1. The Morgan fingerprint density at radius 1 is 1.32 bits per heavy atom. The number of aromatic nitrogens is 4. The van der Waals surface area contributed by atoms with Gasteiger partial charge in [0.25, 0.3) is 5.91 Å². The first kappa shape index (κ1) is 15.7. The molecular formula is C13H18N6O3. The van der Waals surface area contributed by atoms with E-state index in [2.05, 4.69) is 10.2 Å². The molecule has 2 aromatic rings. The van der Waals surface area contributed by atoms with Gasteiger partial charge in [-0.3, -0.25) is 24.3 Å². The highest BCUT2D eigenvalue weighted by atomic mass is 16.6. The van der Waals surface area contributed by atoms with Crippen LogP contribution in [0.5, 0.6) is 0 Å². The lowest BCUT2D eigenvalue weighted by Crippen LogP contribution is -2.27. The third kappa shape index (κ3) is 2.57. The minimum Gasteiger partial charge on any atom is -0.336 e. The van der Waals surface area contributed by atoms with Crippen molar-refractivity contribution in [2.24, 2.45) is 14.1 Å². The van der Waals surface area contributed by atoms with Crippen LogP contribution in [0.15, 0.2) is 6.20 Å². The summed E-state index contributed by atoms with van der Waals surface area (Å²) in [6, 6.07) is 0. The maximum Gasteiger partial charge on any atom is 0.322 e. The SMILES string of the molecule is Cc1c(CN(C)C(=O)c2nn(C)c(C)c2[N+](=O)[O-])cnn1C. The second kappa shape index (κ2) is 5.58. The van der Waals surface area contributed by atoms with Crippen LogP contribution in [0.1, 0.15) is 27.4 Å². The summed E-state index contributed by atoms with van der Waals surface area (Å²) in [7, 11) is 4.97. The van der Waals surface area contributed by atoms with E-state index in [0.29, 0.717) is 12.2 Å². The van der Waals surface area contributed by atoms with Gasteiger partial charge in [0.2, 0.25) is 5.69 Å². The molecule has 0 atom stereocenters. The van der Waals surface area contributed by atoms with Gasteiger partial charge < -0.3 is 4.90 Å². The smallest absolute Gasteiger partial charge is 0.322 e. The molecule has 0 saturated carbocycles. The van der Waals surface area contributed by atoms with Crippen molar-refractivity contribution >= 4 is 11.6 Å². The Bertz CT molecular complexity index is 745. The summed E-state index contributed by atoms with van der Waals surface area (Å²) in [6.07, 6.45) is 1.68. The highest BCUT2D eigenvalue weighted by Crippen LogP contribution is 2.23. The standard InChI is InChI=1S/C13H18N6O3/c1-8-10(6-14-17(8)4)7-16(3)13(20)11-12(19(21)22)9(2)18(5)15-11/h6H,7H2,1-5H3. The van der Waals surface area contributed by atoms with Gasteiger partial charge in [0, 0.05) is 38.9 Å². The Hall–Kier alpha value is -2.71. The molecule has 0 N–H and O–H groups in total. The topological polar surface area (TPSA) is 99.1 Å². The van der Waals surface area contributed by atoms with Gasteiger partial charge in [0.1, 0.15) is 5.69 Å². The molecule has 0 saturated heterocycles. The van der Waals surface area contributed by atoms with Crippen LogP contribution < -0.4 is 0 Å². The second-order valence-corrected chi connectivity index (χ2v) is 5.20. The first-order valence-corrected chi connectivity index (χ1v) is 6.65. The molecule has 2 rings (SSSR count). The van der Waals surface area contributed by atoms with E-state index in [1.54, 1.807) is 31.9 Å². The van der Waals surface area contributed by atoms with Crippen LogP contribution in [0, 0.1) is 24.0 Å². The zero-order valence-corrected chi connectivity index (χ0v) is 13.2. The lowest BCUT2D eigenvalue weighted by Gasteiger charge is -2.15. The monoisotopic (exact) mass is 306 g/mol. The zero-order valence-electron chi connectivity index (χ0n) is 13.2. The van der Waals surface area contributed by atoms with E-state index >= 15 is 0 Å². The summed E-state index contributed by atoms with van der Waals surface area (Å²) in [5.41, 5.74) is 1.77. The number of hydrogen-bond donors (Lipinski definition) is 0. The van der Waals surface area contributed by atoms with E-state index in [9.17, 15) is 14.9 Å². The van der Waals surface area contributed by atoms with Gasteiger partial charge >= 0.3 is 5.69 Å². The predicted molar refractivity (Wildman–Crippen MR) is 78.3 cm³/mol. The normalized spacial score (nSPS) is 10.8. The van der Waals surface area contributed by atoms with Gasteiger partial charge in [-0.1, -0.05) is 0 Å². The minimum atomic E-state index is -0.571. The largest absolute Gasteiger partial charge is 0.336 e. The first-order valence-electron chi connectivity index (χ1n) is 6.65. The molecule has 118 valence electrons. The fourth-order valence-electron chi connectivity index (χ4n) is 2.17. The lowest BCUT2D eigenvalue weighted by molar-refractivity contribution is -0.385. The number of hydrogen-bond acceptors (Lipinski definition) is 5. The van der Waals surface area contributed by atoms with Crippen LogP contribution in [-0.4, -0.2) is 42.3 Å². The molecule has 0 aliphatic carbocycles. The fourth-order valence-corrected chi connectivity index (χ4v) is 2.17. The second-order valence-electron chi connectivity index (χ2n) is 5.20. The van der Waals surface area contributed by atoms with Crippen LogP contribution in [0.3, 0.4) is 0 Å². The molecule has 0 fully saturated rings. The molecule has 9 heteroatoms. The molecule has 0 spiro atoms. The van der Waals surface area contributed by atoms with Crippen LogP contribution in [0.25, 0.3) is 0 Å². The van der Waals surface area contributed by atoms with Gasteiger partial charge in [0.05, 0.1) is 11.1 Å². The molecule has 0 aromatic carbocycles. The fraction of sp³-hybridized carbons (Fsp3) is 0.462. The van der Waals surface area contributed by atoms with Gasteiger partial charge in [-0.15, -0.1) is 0 Å². The number of amides is 1. The van der Waals surface area contributed by atoms with Crippen LogP contribution in [0.4, 0.5) is 5.69 Å². The predicted octanol–water partition coefficient (Wildman–Crippen LogP) is 0.951. The van der Waals surface area contributed by atoms with Gasteiger partial charge in [0.15, 0.2) is 0 Å². The van der Waals surface area contributed by atoms with Crippen molar-refractivity contribution in [3.8, 4) is 0 Å². The summed E-state index contributed by atoms with van der Waals surface area (Å²) in [6.45, 7) is 3.77. The summed E-state index contributed by atoms with van der Waals surface area (Å²) in [5.74, 6) is -0.487. The molecular weight excluding hydrogens is 288 g/mol. The van der Waals surface area contributed by atoms with Crippen LogP contribution in [0.2, 0.25) is 0 Å². The third-order valence-electron chi connectivity index (χ3n) is 3.78. The zero-order chi connectivity index (χ0) is 16.6. The van der Waals surface area contributed by atoms with E-state index in [4.69, 9.17) is 0 Å². The Morgan fingerprint density at radius 2 is 1.95 bits per heavy atom. The molecule has 2 heterocycles. The average molecular weight is 306 g/mol. The number of nitrogens with zero attached hydrogens (tertiary/aromatic N) is 6. The van der Waals surface area contributed by atoms with E-state index in [-0.39, 0.29) is 11.4 Å². The summed E-state index contributed by atoms with van der Waals surface area (Å²) in [5, 5.41) is 19.3. The highest BCUT2D eigenvalue weighted by molar-refractivity contribution is 5.96. The molecule has 0 radical (unpaired) electrons. The first-order chi connectivity index (χ1) is 10.2. The highest BCUT2D eigenvalue weighted by Gasteiger charge is 2.31. The maximum atomic E-state index is 12.5. The number of nitro groups is 1. The minimum absolute atomic E-state index is 0.144. The molecule has 9 nitrogen and oxygen atoms in total. The molecule has 0 unspecified atom stereocenters. The molecule has 22 heavy (non-hydrogen) atoms. The van der Waals surface area contributed by atoms with Crippen molar-refractivity contribution in [1.29, 1.82) is 0 Å². The van der Waals surface area contributed by atoms with Crippen molar-refractivity contribution in [2.45, 2.75) is 20.4 Å². The molecule has 2 aromatic heterocycles. The van der Waals surface area contributed by atoms with Crippen molar-refractivity contribution in [1.82, 2.24) is 24.5 Å². The number of aryl methyl sites for hydroxylation is 2. The Kier molecular flexibility index (Phi) is 3.98. The van der Waals surface area contributed by atoms with Crippen molar-refractivity contribution < 1.29 is 9.72 Å². The summed E-state index contributed by atoms with van der Waals surface area (Å²) < 4.78 is 3.05. The van der Waals surface area contributed by atoms with Crippen molar-refractivity contribution in [3.05, 3.63) is 39.0 Å². The third-order valence-corrected chi connectivity index (χ3v) is 3.78. The van der Waals surface area contributed by atoms with E-state index < -0.39 is 10.8 Å². The molecule has 1 amide bonds. The Balaban J connectivity index is 2.30. The quantitative estimate of drug-likeness (QED) is 0.618. The van der Waals surface area contributed by atoms with Crippen molar-refractivity contribution in [2.75, 3.05) is 7.05 Å². The van der Waals surface area contributed by atoms with Gasteiger partial charge in [-0.05, 0) is 13.8 Å². The van der Waals surface area contributed by atoms with Gasteiger partial charge in [-0.2, -0.15) is 10.2 Å². The van der Waals surface area contributed by atoms with Gasteiger partial charge in [-0.25, -0.2) is 0 Å². The maximum absolute atomic E-state index is 12.5. The van der Waals surface area contributed by atoms with E-state index in [0.717, 1.165) is 11.3 Å². The summed E-state index contributed by atoms with van der Waals surface area (Å²) >= 11 is 0. The van der Waals surface area contributed by atoms with Crippen molar-refractivity contribution in [3.63, 3.8) is 0 Å². The number of rotatable bonds is 4. The lowest BCUT2D eigenvalue weighted by atomic mass is 10.2. The molecule has 0 aliphatic heterocycles. The number of carbonyl (C=O) groups excluding carboxylic acids is 1. The van der Waals surface area contributed by atoms with Crippen LogP contribution >= 0.6 is 0 Å². The van der Waals surface area contributed by atoms with Crippen LogP contribution in [-0.2, 0) is 20.6 Å². The van der Waals surface area contributed by atoms with E-state index in [1.165, 1.54) is 9.58 Å². The molecule has 0 bridgehead atoms. The van der Waals surface area contributed by atoms with E-state index in [1.807, 2.05) is 14.0 Å².